The maximum Gasteiger partial charge on any atom is 0.271 e. The zero-order valence-corrected chi connectivity index (χ0v) is 15.1. The number of carbonyl (C=O) groups excluding carboxylic acids is 2. The van der Waals surface area contributed by atoms with Crippen LogP contribution in [0.5, 0.6) is 0 Å². The summed E-state index contributed by atoms with van der Waals surface area (Å²) in [7, 11) is 0. The average Bonchev–Trinajstić information content (AvgIpc) is 2.70. The SMILES string of the molecule is Cc1ccccc1C(=O)Nc1cccc(C(=O)N/N=C\c2ccccc2F)c1. The quantitative estimate of drug-likeness (QED) is 0.519. The van der Waals surface area contributed by atoms with Gasteiger partial charge < -0.3 is 5.32 Å². The number of rotatable bonds is 5. The first-order valence-corrected chi connectivity index (χ1v) is 8.59. The summed E-state index contributed by atoms with van der Waals surface area (Å²) in [5.74, 6) is -1.16. The van der Waals surface area contributed by atoms with Crippen LogP contribution in [0.25, 0.3) is 0 Å². The topological polar surface area (TPSA) is 70.6 Å². The minimum absolute atomic E-state index is 0.256. The van der Waals surface area contributed by atoms with E-state index in [-0.39, 0.29) is 11.5 Å². The van der Waals surface area contributed by atoms with E-state index < -0.39 is 11.7 Å². The molecule has 0 aromatic heterocycles. The number of benzene rings is 3. The van der Waals surface area contributed by atoms with Crippen LogP contribution in [-0.4, -0.2) is 18.0 Å². The van der Waals surface area contributed by atoms with Crippen molar-refractivity contribution >= 4 is 23.7 Å². The molecule has 3 aromatic rings. The summed E-state index contributed by atoms with van der Waals surface area (Å²) >= 11 is 0. The maximum atomic E-state index is 13.5. The Balaban J connectivity index is 1.67. The molecule has 28 heavy (non-hydrogen) atoms. The Labute approximate surface area is 161 Å². The first-order valence-electron chi connectivity index (χ1n) is 8.59. The van der Waals surface area contributed by atoms with Crippen molar-refractivity contribution in [1.82, 2.24) is 5.43 Å². The van der Waals surface area contributed by atoms with E-state index in [1.54, 1.807) is 54.6 Å². The molecule has 2 N–H and O–H groups in total. The van der Waals surface area contributed by atoms with Crippen LogP contribution < -0.4 is 10.7 Å². The van der Waals surface area contributed by atoms with Crippen LogP contribution in [0.2, 0.25) is 0 Å². The third kappa shape index (κ3) is 4.67. The molecule has 0 aliphatic carbocycles. The summed E-state index contributed by atoms with van der Waals surface area (Å²) in [5.41, 5.74) is 4.83. The van der Waals surface area contributed by atoms with E-state index in [1.165, 1.54) is 12.3 Å². The number of hydrogen-bond acceptors (Lipinski definition) is 3. The lowest BCUT2D eigenvalue weighted by Gasteiger charge is -2.08. The minimum atomic E-state index is -0.473. The van der Waals surface area contributed by atoms with Gasteiger partial charge in [-0.15, -0.1) is 0 Å². The van der Waals surface area contributed by atoms with Gasteiger partial charge in [0, 0.05) is 22.4 Å². The van der Waals surface area contributed by atoms with E-state index >= 15 is 0 Å². The summed E-state index contributed by atoms with van der Waals surface area (Å²) in [4.78, 5) is 24.7. The Morgan fingerprint density at radius 2 is 1.68 bits per heavy atom. The van der Waals surface area contributed by atoms with Crippen molar-refractivity contribution in [2.45, 2.75) is 6.92 Å². The van der Waals surface area contributed by atoms with Gasteiger partial charge in [-0.05, 0) is 42.8 Å². The number of amides is 2. The third-order valence-electron chi connectivity index (χ3n) is 4.05. The molecule has 0 spiro atoms. The molecule has 0 radical (unpaired) electrons. The van der Waals surface area contributed by atoms with Gasteiger partial charge in [0.15, 0.2) is 0 Å². The van der Waals surface area contributed by atoms with Crippen molar-refractivity contribution in [3.8, 4) is 0 Å². The number of hydrogen-bond donors (Lipinski definition) is 2. The van der Waals surface area contributed by atoms with E-state index in [2.05, 4.69) is 15.8 Å². The number of halogens is 1. The van der Waals surface area contributed by atoms with Crippen LogP contribution >= 0.6 is 0 Å². The smallest absolute Gasteiger partial charge is 0.271 e. The van der Waals surface area contributed by atoms with Gasteiger partial charge in [0.2, 0.25) is 0 Å². The summed E-state index contributed by atoms with van der Waals surface area (Å²) in [6.07, 6.45) is 1.23. The van der Waals surface area contributed by atoms with Crippen molar-refractivity contribution in [3.05, 3.63) is 101 Å². The van der Waals surface area contributed by atoms with Crippen molar-refractivity contribution in [3.63, 3.8) is 0 Å². The number of hydrazone groups is 1. The van der Waals surface area contributed by atoms with Crippen molar-refractivity contribution in [1.29, 1.82) is 0 Å². The Kier molecular flexibility index (Phi) is 5.91. The van der Waals surface area contributed by atoms with Crippen molar-refractivity contribution < 1.29 is 14.0 Å². The van der Waals surface area contributed by atoms with Gasteiger partial charge in [0.1, 0.15) is 5.82 Å². The van der Waals surface area contributed by atoms with Gasteiger partial charge in [0.05, 0.1) is 6.21 Å². The van der Waals surface area contributed by atoms with Gasteiger partial charge >= 0.3 is 0 Å². The number of aryl methyl sites for hydroxylation is 1. The predicted molar refractivity (Wildman–Crippen MR) is 107 cm³/mol. The summed E-state index contributed by atoms with van der Waals surface area (Å²) in [5, 5.41) is 6.55. The standard InChI is InChI=1S/C22H18FN3O2/c1-15-7-2-4-11-19(15)22(28)25-18-10-6-9-16(13-18)21(27)26-24-14-17-8-3-5-12-20(17)23/h2-14H,1H3,(H,25,28)(H,26,27)/b24-14-. The Morgan fingerprint density at radius 1 is 0.929 bits per heavy atom. The Morgan fingerprint density at radius 3 is 2.46 bits per heavy atom. The summed E-state index contributed by atoms with van der Waals surface area (Å²) in [6, 6.07) is 19.8. The number of nitrogens with zero attached hydrogens (tertiary/aromatic N) is 1. The van der Waals surface area contributed by atoms with Gasteiger partial charge in [-0.2, -0.15) is 5.10 Å². The fourth-order valence-corrected chi connectivity index (χ4v) is 2.57. The Bertz CT molecular complexity index is 1050. The van der Waals surface area contributed by atoms with Crippen LogP contribution in [0.1, 0.15) is 31.8 Å². The van der Waals surface area contributed by atoms with Crippen LogP contribution in [-0.2, 0) is 0 Å². The fraction of sp³-hybridized carbons (Fsp3) is 0.0455. The molecule has 3 aromatic carbocycles. The molecule has 0 fully saturated rings. The molecule has 0 unspecified atom stereocenters. The second-order valence-corrected chi connectivity index (χ2v) is 6.07. The molecule has 0 heterocycles. The van der Waals surface area contributed by atoms with Gasteiger partial charge in [-0.3, -0.25) is 9.59 Å². The molecular weight excluding hydrogens is 357 g/mol. The first-order chi connectivity index (χ1) is 13.5. The molecule has 2 amide bonds. The lowest BCUT2D eigenvalue weighted by atomic mass is 10.1. The molecule has 3 rings (SSSR count). The average molecular weight is 375 g/mol. The highest BCUT2D eigenvalue weighted by atomic mass is 19.1. The predicted octanol–water partition coefficient (Wildman–Crippen LogP) is 4.15. The largest absolute Gasteiger partial charge is 0.322 e. The second kappa shape index (κ2) is 8.73. The monoisotopic (exact) mass is 375 g/mol. The number of anilines is 1. The van der Waals surface area contributed by atoms with Crippen LogP contribution in [0.15, 0.2) is 77.9 Å². The summed E-state index contributed by atoms with van der Waals surface area (Å²) in [6.45, 7) is 1.85. The highest BCUT2D eigenvalue weighted by molar-refractivity contribution is 6.06. The maximum absolute atomic E-state index is 13.5. The number of carbonyl (C=O) groups is 2. The molecule has 0 saturated heterocycles. The third-order valence-corrected chi connectivity index (χ3v) is 4.05. The van der Waals surface area contributed by atoms with E-state index in [1.807, 2.05) is 19.1 Å². The highest BCUT2D eigenvalue weighted by Crippen LogP contribution is 2.14. The molecular formula is C22H18FN3O2. The van der Waals surface area contributed by atoms with Crippen LogP contribution in [0, 0.1) is 12.7 Å². The zero-order valence-electron chi connectivity index (χ0n) is 15.1. The van der Waals surface area contributed by atoms with E-state index in [9.17, 15) is 14.0 Å². The second-order valence-electron chi connectivity index (χ2n) is 6.07. The van der Waals surface area contributed by atoms with Gasteiger partial charge in [-0.25, -0.2) is 9.82 Å². The van der Waals surface area contributed by atoms with Gasteiger partial charge in [0.25, 0.3) is 11.8 Å². The van der Waals surface area contributed by atoms with E-state index in [0.29, 0.717) is 16.8 Å². The van der Waals surface area contributed by atoms with Crippen LogP contribution in [0.4, 0.5) is 10.1 Å². The highest BCUT2D eigenvalue weighted by Gasteiger charge is 2.10. The Hall–Kier alpha value is -3.80. The molecule has 5 nitrogen and oxygen atoms in total. The molecule has 0 aliphatic heterocycles. The molecule has 6 heteroatoms. The summed E-state index contributed by atoms with van der Waals surface area (Å²) < 4.78 is 13.5. The van der Waals surface area contributed by atoms with Crippen molar-refractivity contribution in [2.75, 3.05) is 5.32 Å². The molecule has 0 aliphatic rings. The number of nitrogens with one attached hydrogen (secondary N) is 2. The zero-order chi connectivity index (χ0) is 19.9. The fourth-order valence-electron chi connectivity index (χ4n) is 2.57. The van der Waals surface area contributed by atoms with E-state index in [4.69, 9.17) is 0 Å². The minimum Gasteiger partial charge on any atom is -0.322 e. The molecule has 0 saturated carbocycles. The lowest BCUT2D eigenvalue weighted by Crippen LogP contribution is -2.18. The van der Waals surface area contributed by atoms with Crippen LogP contribution in [0.3, 0.4) is 0 Å². The lowest BCUT2D eigenvalue weighted by molar-refractivity contribution is 0.0953. The van der Waals surface area contributed by atoms with Gasteiger partial charge in [-0.1, -0.05) is 42.5 Å². The normalized spacial score (nSPS) is 10.6. The molecule has 0 bridgehead atoms. The van der Waals surface area contributed by atoms with Crippen molar-refractivity contribution in [2.24, 2.45) is 5.10 Å². The molecule has 0 atom stereocenters. The van der Waals surface area contributed by atoms with E-state index in [0.717, 1.165) is 5.56 Å². The first kappa shape index (κ1) is 19.0. The molecule has 140 valence electrons.